The van der Waals surface area contributed by atoms with Crippen LogP contribution in [0.5, 0.6) is 0 Å². The highest BCUT2D eigenvalue weighted by Crippen LogP contribution is 2.24. The first-order chi connectivity index (χ1) is 10.3. The molecule has 1 aromatic rings. The van der Waals surface area contributed by atoms with Crippen LogP contribution in [0.25, 0.3) is 0 Å². The standard InChI is InChI=1S/C14H14O8/c1-7(2)13(19)21-22-14(20)9-5-3-4-8(12(17)18)11(9)10(16)6-15/h3-5,10,15-16H,1,6H2,2H3,(H,17,18). The van der Waals surface area contributed by atoms with Gasteiger partial charge in [-0.2, -0.15) is 0 Å². The van der Waals surface area contributed by atoms with Gasteiger partial charge in [0.05, 0.1) is 17.7 Å². The number of aliphatic hydroxyl groups is 2. The molecule has 0 saturated heterocycles. The van der Waals surface area contributed by atoms with Crippen molar-refractivity contribution in [3.05, 3.63) is 47.0 Å². The lowest BCUT2D eigenvalue weighted by Gasteiger charge is -2.15. The lowest BCUT2D eigenvalue weighted by atomic mass is 9.96. The van der Waals surface area contributed by atoms with Crippen molar-refractivity contribution in [3.63, 3.8) is 0 Å². The molecular formula is C14H14O8. The Bertz CT molecular complexity index is 619. The maximum Gasteiger partial charge on any atom is 0.386 e. The molecule has 0 saturated carbocycles. The molecule has 0 aromatic heterocycles. The number of rotatable bonds is 5. The molecule has 0 aliphatic rings. The average molecular weight is 310 g/mol. The van der Waals surface area contributed by atoms with Crippen molar-refractivity contribution in [2.75, 3.05) is 6.61 Å². The molecule has 0 aliphatic heterocycles. The van der Waals surface area contributed by atoms with Gasteiger partial charge in [0, 0.05) is 11.1 Å². The third-order valence-corrected chi connectivity index (χ3v) is 2.60. The van der Waals surface area contributed by atoms with Gasteiger partial charge >= 0.3 is 17.9 Å². The van der Waals surface area contributed by atoms with Gasteiger partial charge in [0.2, 0.25) is 0 Å². The van der Waals surface area contributed by atoms with Crippen molar-refractivity contribution in [1.29, 1.82) is 0 Å². The number of aromatic carboxylic acids is 1. The highest BCUT2D eigenvalue weighted by Gasteiger charge is 2.25. The van der Waals surface area contributed by atoms with Crippen LogP contribution in [0.3, 0.4) is 0 Å². The summed E-state index contributed by atoms with van der Waals surface area (Å²) < 4.78 is 0. The van der Waals surface area contributed by atoms with E-state index in [9.17, 15) is 19.5 Å². The number of hydrogen-bond donors (Lipinski definition) is 3. The van der Waals surface area contributed by atoms with Gasteiger partial charge in [0.25, 0.3) is 0 Å². The SMILES string of the molecule is C=C(C)C(=O)OOC(=O)c1cccc(C(=O)O)c1C(O)CO. The topological polar surface area (TPSA) is 130 Å². The molecule has 0 aliphatic carbocycles. The Labute approximate surface area is 125 Å². The van der Waals surface area contributed by atoms with E-state index in [4.69, 9.17) is 10.2 Å². The number of carbonyl (C=O) groups is 3. The summed E-state index contributed by atoms with van der Waals surface area (Å²) in [4.78, 5) is 42.6. The van der Waals surface area contributed by atoms with Crippen LogP contribution in [0, 0.1) is 0 Å². The van der Waals surface area contributed by atoms with Crippen LogP contribution in [-0.4, -0.2) is 39.8 Å². The summed E-state index contributed by atoms with van der Waals surface area (Å²) in [6, 6.07) is 3.55. The number of benzene rings is 1. The summed E-state index contributed by atoms with van der Waals surface area (Å²) in [7, 11) is 0. The van der Waals surface area contributed by atoms with Gasteiger partial charge in [-0.25, -0.2) is 24.2 Å². The third kappa shape index (κ3) is 3.90. The van der Waals surface area contributed by atoms with Crippen LogP contribution in [0.2, 0.25) is 0 Å². The fourth-order valence-corrected chi connectivity index (χ4v) is 1.57. The number of hydrogen-bond acceptors (Lipinski definition) is 7. The molecule has 118 valence electrons. The average Bonchev–Trinajstić information content (AvgIpc) is 2.50. The molecule has 1 unspecified atom stereocenters. The Morgan fingerprint density at radius 3 is 2.32 bits per heavy atom. The Hall–Kier alpha value is -2.71. The molecule has 0 radical (unpaired) electrons. The first-order valence-electron chi connectivity index (χ1n) is 6.03. The van der Waals surface area contributed by atoms with E-state index in [1.54, 1.807) is 0 Å². The Balaban J connectivity index is 3.15. The van der Waals surface area contributed by atoms with E-state index in [0.717, 1.165) is 12.1 Å². The maximum atomic E-state index is 11.9. The highest BCUT2D eigenvalue weighted by atomic mass is 17.2. The van der Waals surface area contributed by atoms with Crippen molar-refractivity contribution in [3.8, 4) is 0 Å². The number of aliphatic hydroxyl groups excluding tert-OH is 2. The van der Waals surface area contributed by atoms with Crippen molar-refractivity contribution in [1.82, 2.24) is 0 Å². The molecule has 0 spiro atoms. The second-order valence-electron chi connectivity index (χ2n) is 4.29. The van der Waals surface area contributed by atoms with E-state index in [1.807, 2.05) is 0 Å². The molecule has 1 aromatic carbocycles. The summed E-state index contributed by atoms with van der Waals surface area (Å²) in [5.41, 5.74) is -1.09. The van der Waals surface area contributed by atoms with E-state index >= 15 is 0 Å². The fraction of sp³-hybridized carbons (Fsp3) is 0.214. The first-order valence-corrected chi connectivity index (χ1v) is 6.03. The molecule has 0 amide bonds. The second kappa shape index (κ2) is 7.34. The van der Waals surface area contributed by atoms with Crippen molar-refractivity contribution in [2.24, 2.45) is 0 Å². The van der Waals surface area contributed by atoms with Crippen LogP contribution in [0.15, 0.2) is 30.4 Å². The number of carbonyl (C=O) groups excluding carboxylic acids is 2. The number of carboxylic acids is 1. The van der Waals surface area contributed by atoms with Gasteiger partial charge < -0.3 is 15.3 Å². The van der Waals surface area contributed by atoms with Crippen LogP contribution in [-0.2, 0) is 14.6 Å². The molecule has 22 heavy (non-hydrogen) atoms. The van der Waals surface area contributed by atoms with Gasteiger partial charge in [-0.3, -0.25) is 0 Å². The highest BCUT2D eigenvalue weighted by molar-refractivity contribution is 5.98. The minimum Gasteiger partial charge on any atom is -0.478 e. The van der Waals surface area contributed by atoms with Crippen LogP contribution >= 0.6 is 0 Å². The quantitative estimate of drug-likeness (QED) is 0.409. The van der Waals surface area contributed by atoms with E-state index in [0.29, 0.717) is 0 Å². The zero-order valence-corrected chi connectivity index (χ0v) is 11.6. The fourth-order valence-electron chi connectivity index (χ4n) is 1.57. The molecule has 1 atom stereocenters. The van der Waals surface area contributed by atoms with E-state index < -0.39 is 30.6 Å². The van der Waals surface area contributed by atoms with Crippen LogP contribution in [0.1, 0.15) is 39.3 Å². The van der Waals surface area contributed by atoms with E-state index in [1.165, 1.54) is 13.0 Å². The molecule has 1 rings (SSSR count). The largest absolute Gasteiger partial charge is 0.478 e. The maximum absolute atomic E-state index is 11.9. The van der Waals surface area contributed by atoms with Gasteiger partial charge in [-0.15, -0.1) is 0 Å². The molecule has 0 heterocycles. The second-order valence-corrected chi connectivity index (χ2v) is 4.29. The normalized spacial score (nSPS) is 11.4. The monoisotopic (exact) mass is 310 g/mol. The summed E-state index contributed by atoms with van der Waals surface area (Å²) >= 11 is 0. The molecule has 8 heteroatoms. The molecule has 0 fully saturated rings. The predicted octanol–water partition coefficient (Wildman–Crippen LogP) is 0.602. The van der Waals surface area contributed by atoms with Gasteiger partial charge in [-0.1, -0.05) is 12.6 Å². The Morgan fingerprint density at radius 2 is 1.82 bits per heavy atom. The smallest absolute Gasteiger partial charge is 0.386 e. The Morgan fingerprint density at radius 1 is 1.23 bits per heavy atom. The van der Waals surface area contributed by atoms with Crippen molar-refractivity contribution < 1.29 is 39.5 Å². The zero-order chi connectivity index (χ0) is 16.9. The first kappa shape index (κ1) is 17.3. The van der Waals surface area contributed by atoms with Gasteiger partial charge in [0.15, 0.2) is 0 Å². The van der Waals surface area contributed by atoms with Gasteiger partial charge in [-0.05, 0) is 19.1 Å². The minimum absolute atomic E-state index is 0.0114. The summed E-state index contributed by atoms with van der Waals surface area (Å²) in [5.74, 6) is -3.58. The Kier molecular flexibility index (Phi) is 5.79. The van der Waals surface area contributed by atoms with E-state index in [2.05, 4.69) is 16.4 Å². The van der Waals surface area contributed by atoms with Gasteiger partial charge in [0.1, 0.15) is 6.10 Å². The molecule has 8 nitrogen and oxygen atoms in total. The zero-order valence-electron chi connectivity index (χ0n) is 11.6. The summed E-state index contributed by atoms with van der Waals surface area (Å²) in [6.07, 6.45) is -1.62. The lowest BCUT2D eigenvalue weighted by molar-refractivity contribution is -0.229. The molecule has 3 N–H and O–H groups in total. The van der Waals surface area contributed by atoms with Crippen LogP contribution in [0.4, 0.5) is 0 Å². The van der Waals surface area contributed by atoms with Crippen LogP contribution < -0.4 is 0 Å². The summed E-state index contributed by atoms with van der Waals surface area (Å²) in [6.45, 7) is 3.81. The third-order valence-electron chi connectivity index (χ3n) is 2.60. The molecule has 0 bridgehead atoms. The van der Waals surface area contributed by atoms with E-state index in [-0.39, 0.29) is 22.3 Å². The predicted molar refractivity (Wildman–Crippen MR) is 71.8 cm³/mol. The molecular weight excluding hydrogens is 296 g/mol. The lowest BCUT2D eigenvalue weighted by Crippen LogP contribution is -2.18. The van der Waals surface area contributed by atoms with Crippen molar-refractivity contribution in [2.45, 2.75) is 13.0 Å². The minimum atomic E-state index is -1.62. The summed E-state index contributed by atoms with van der Waals surface area (Å²) in [5, 5.41) is 27.8. The van der Waals surface area contributed by atoms with Crippen molar-refractivity contribution >= 4 is 17.9 Å². The number of carboxylic acid groups (broad SMARTS) is 1.